The molecular weight excluding hydrogens is 387 g/mol. The van der Waals surface area contributed by atoms with E-state index in [-0.39, 0.29) is 0 Å². The van der Waals surface area contributed by atoms with Crippen LogP contribution < -0.4 is 0 Å². The fraction of sp³-hybridized carbons (Fsp3) is 0. The van der Waals surface area contributed by atoms with Crippen molar-refractivity contribution in [1.82, 2.24) is 0 Å². The third-order valence-corrected chi connectivity index (χ3v) is 5.02. The second-order valence-electron chi connectivity index (χ2n) is 4.18. The van der Waals surface area contributed by atoms with E-state index < -0.39 is 0 Å². The fourth-order valence-corrected chi connectivity index (χ4v) is 3.38. The summed E-state index contributed by atoms with van der Waals surface area (Å²) in [6.07, 6.45) is 0. The Kier molecular flexibility index (Phi) is 3.91. The molecule has 1 aromatic heterocycles. The highest BCUT2D eigenvalue weighted by Crippen LogP contribution is 2.34. The Morgan fingerprint density at radius 2 is 1.16 bits per heavy atom. The van der Waals surface area contributed by atoms with Gasteiger partial charge in [-0.2, -0.15) is 0 Å². The minimum Gasteiger partial charge on any atom is -0.135 e. The van der Waals surface area contributed by atoms with Gasteiger partial charge in [0.1, 0.15) is 0 Å². The summed E-state index contributed by atoms with van der Waals surface area (Å²) in [5, 5.41) is 0.776. The molecular formula is C16H10ClIS. The fourth-order valence-electron chi connectivity index (χ4n) is 1.88. The number of benzene rings is 2. The van der Waals surface area contributed by atoms with Gasteiger partial charge in [0.25, 0.3) is 0 Å². The van der Waals surface area contributed by atoms with E-state index in [2.05, 4.69) is 71.1 Å². The Labute approximate surface area is 135 Å². The maximum Gasteiger partial charge on any atom is 0.0406 e. The molecule has 3 rings (SSSR count). The highest BCUT2D eigenvalue weighted by Gasteiger charge is 2.04. The molecule has 0 aliphatic rings. The van der Waals surface area contributed by atoms with E-state index in [0.717, 1.165) is 5.02 Å². The third kappa shape index (κ3) is 3.02. The van der Waals surface area contributed by atoms with E-state index in [1.54, 1.807) is 11.3 Å². The van der Waals surface area contributed by atoms with Crippen LogP contribution in [0.15, 0.2) is 60.7 Å². The SMILES string of the molecule is Clc1ccc(-c2ccc(-c3ccc(I)cc3)s2)cc1. The molecule has 0 atom stereocenters. The predicted octanol–water partition coefficient (Wildman–Crippen LogP) is 6.34. The number of halogens is 2. The minimum atomic E-state index is 0.776. The first kappa shape index (κ1) is 13.2. The van der Waals surface area contributed by atoms with Crippen LogP contribution in [0.1, 0.15) is 0 Å². The molecule has 3 aromatic rings. The van der Waals surface area contributed by atoms with Crippen LogP contribution in [-0.4, -0.2) is 0 Å². The Hall–Kier alpha value is -0.840. The van der Waals surface area contributed by atoms with Crippen LogP contribution in [0, 0.1) is 3.57 Å². The van der Waals surface area contributed by atoms with Gasteiger partial charge in [0.05, 0.1) is 0 Å². The lowest BCUT2D eigenvalue weighted by molar-refractivity contribution is 1.64. The van der Waals surface area contributed by atoms with Gasteiger partial charge in [0.15, 0.2) is 0 Å². The average molecular weight is 397 g/mol. The highest BCUT2D eigenvalue weighted by atomic mass is 127. The van der Waals surface area contributed by atoms with Crippen LogP contribution in [0.5, 0.6) is 0 Å². The highest BCUT2D eigenvalue weighted by molar-refractivity contribution is 14.1. The molecule has 0 aliphatic carbocycles. The van der Waals surface area contributed by atoms with Crippen LogP contribution in [0.25, 0.3) is 20.9 Å². The van der Waals surface area contributed by atoms with Gasteiger partial charge in [-0.1, -0.05) is 35.9 Å². The summed E-state index contributed by atoms with van der Waals surface area (Å²) in [4.78, 5) is 2.56. The third-order valence-electron chi connectivity index (χ3n) is 2.86. The van der Waals surface area contributed by atoms with Gasteiger partial charge in [0, 0.05) is 18.3 Å². The molecule has 0 saturated carbocycles. The lowest BCUT2D eigenvalue weighted by Gasteiger charge is -1.98. The van der Waals surface area contributed by atoms with Gasteiger partial charge >= 0.3 is 0 Å². The Balaban J connectivity index is 1.95. The largest absolute Gasteiger partial charge is 0.135 e. The van der Waals surface area contributed by atoms with Crippen LogP contribution in [0.2, 0.25) is 5.02 Å². The van der Waals surface area contributed by atoms with Crippen molar-refractivity contribution in [2.24, 2.45) is 0 Å². The molecule has 0 aliphatic heterocycles. The number of hydrogen-bond acceptors (Lipinski definition) is 1. The van der Waals surface area contributed by atoms with Gasteiger partial charge in [0.2, 0.25) is 0 Å². The molecule has 0 radical (unpaired) electrons. The Morgan fingerprint density at radius 3 is 1.68 bits per heavy atom. The Bertz CT molecular complexity index is 624. The minimum absolute atomic E-state index is 0.776. The first-order valence-corrected chi connectivity index (χ1v) is 8.11. The van der Waals surface area contributed by atoms with E-state index in [1.807, 2.05) is 12.1 Å². The molecule has 2 aromatic carbocycles. The number of thiophene rings is 1. The molecule has 19 heavy (non-hydrogen) atoms. The molecule has 0 saturated heterocycles. The number of rotatable bonds is 2. The zero-order chi connectivity index (χ0) is 13.2. The molecule has 0 nitrogen and oxygen atoms in total. The van der Waals surface area contributed by atoms with Crippen LogP contribution >= 0.6 is 45.5 Å². The van der Waals surface area contributed by atoms with Crippen molar-refractivity contribution >= 4 is 45.5 Å². The van der Waals surface area contributed by atoms with Crippen molar-refractivity contribution in [1.29, 1.82) is 0 Å². The van der Waals surface area contributed by atoms with Crippen LogP contribution in [-0.2, 0) is 0 Å². The molecule has 1 heterocycles. The summed E-state index contributed by atoms with van der Waals surface area (Å²) in [7, 11) is 0. The lowest BCUT2D eigenvalue weighted by Crippen LogP contribution is -1.72. The first-order chi connectivity index (χ1) is 9.22. The summed E-state index contributed by atoms with van der Waals surface area (Å²) >= 11 is 10.0. The topological polar surface area (TPSA) is 0 Å². The number of hydrogen-bond donors (Lipinski definition) is 0. The van der Waals surface area contributed by atoms with Crippen molar-refractivity contribution in [3.63, 3.8) is 0 Å². The average Bonchev–Trinajstić information content (AvgIpc) is 2.90. The maximum absolute atomic E-state index is 5.92. The molecule has 0 N–H and O–H groups in total. The van der Waals surface area contributed by atoms with Crippen molar-refractivity contribution < 1.29 is 0 Å². The summed E-state index contributed by atoms with van der Waals surface area (Å²) < 4.78 is 1.26. The van der Waals surface area contributed by atoms with E-state index in [9.17, 15) is 0 Å². The second kappa shape index (κ2) is 5.65. The Morgan fingerprint density at radius 1 is 0.684 bits per heavy atom. The molecule has 0 spiro atoms. The summed E-state index contributed by atoms with van der Waals surface area (Å²) in [5.41, 5.74) is 2.48. The monoisotopic (exact) mass is 396 g/mol. The summed E-state index contributed by atoms with van der Waals surface area (Å²) in [6.45, 7) is 0. The molecule has 94 valence electrons. The van der Waals surface area contributed by atoms with Gasteiger partial charge in [-0.05, 0) is 70.1 Å². The van der Waals surface area contributed by atoms with Crippen molar-refractivity contribution in [2.75, 3.05) is 0 Å². The maximum atomic E-state index is 5.92. The van der Waals surface area contributed by atoms with Crippen LogP contribution in [0.3, 0.4) is 0 Å². The standard InChI is InChI=1S/C16H10ClIS/c17-13-5-1-11(2-6-13)15-9-10-16(19-15)12-3-7-14(18)8-4-12/h1-10H. The zero-order valence-electron chi connectivity index (χ0n) is 9.94. The quantitative estimate of drug-likeness (QED) is 0.443. The molecule has 0 bridgehead atoms. The van der Waals surface area contributed by atoms with Gasteiger partial charge in [-0.3, -0.25) is 0 Å². The first-order valence-electron chi connectivity index (χ1n) is 5.84. The molecule has 0 fully saturated rings. The molecule has 0 unspecified atom stereocenters. The zero-order valence-corrected chi connectivity index (χ0v) is 13.7. The smallest absolute Gasteiger partial charge is 0.0406 e. The van der Waals surface area contributed by atoms with E-state index in [0.29, 0.717) is 0 Å². The molecule has 3 heteroatoms. The van der Waals surface area contributed by atoms with E-state index in [1.165, 1.54) is 24.5 Å². The van der Waals surface area contributed by atoms with Crippen molar-refractivity contribution in [3.05, 3.63) is 69.3 Å². The van der Waals surface area contributed by atoms with Crippen molar-refractivity contribution in [2.45, 2.75) is 0 Å². The summed E-state index contributed by atoms with van der Waals surface area (Å²) in [5.74, 6) is 0. The van der Waals surface area contributed by atoms with E-state index >= 15 is 0 Å². The predicted molar refractivity (Wildman–Crippen MR) is 92.9 cm³/mol. The van der Waals surface area contributed by atoms with Crippen LogP contribution in [0.4, 0.5) is 0 Å². The van der Waals surface area contributed by atoms with Crippen molar-refractivity contribution in [3.8, 4) is 20.9 Å². The summed E-state index contributed by atoms with van der Waals surface area (Å²) in [6, 6.07) is 20.9. The van der Waals surface area contributed by atoms with Gasteiger partial charge in [-0.15, -0.1) is 11.3 Å². The van der Waals surface area contributed by atoms with Gasteiger partial charge in [-0.25, -0.2) is 0 Å². The molecule has 0 amide bonds. The lowest BCUT2D eigenvalue weighted by atomic mass is 10.2. The van der Waals surface area contributed by atoms with Gasteiger partial charge < -0.3 is 0 Å². The normalized spacial score (nSPS) is 10.6. The van der Waals surface area contributed by atoms with E-state index in [4.69, 9.17) is 11.6 Å². The second-order valence-corrected chi connectivity index (χ2v) is 6.94.